The summed E-state index contributed by atoms with van der Waals surface area (Å²) in [6, 6.07) is 27.4. The summed E-state index contributed by atoms with van der Waals surface area (Å²) in [4.78, 5) is 2.11. The number of hydrogen-bond acceptors (Lipinski definition) is 1. The standard InChI is InChI=1S/C24H23N.C6H12/c1-18(2)20-14-16-24(17-15-20)25(4)19(3)21-10-12-23(13-11-21)22-8-6-5-7-9-22;1-2-4-6-5-3-1/h5-17H,1,3H2,2,4H3;1-6H2. The Morgan fingerprint density at radius 2 is 1.06 bits per heavy atom. The Morgan fingerprint density at radius 1 is 0.613 bits per heavy atom. The van der Waals surface area contributed by atoms with Gasteiger partial charge in [-0.2, -0.15) is 0 Å². The third-order valence-electron chi connectivity index (χ3n) is 5.98. The maximum absolute atomic E-state index is 4.27. The summed E-state index contributed by atoms with van der Waals surface area (Å²) in [5, 5.41) is 0. The van der Waals surface area contributed by atoms with Crippen molar-refractivity contribution < 1.29 is 0 Å². The van der Waals surface area contributed by atoms with Gasteiger partial charge >= 0.3 is 0 Å². The van der Waals surface area contributed by atoms with E-state index in [9.17, 15) is 0 Å². The lowest BCUT2D eigenvalue weighted by Crippen LogP contribution is -2.14. The topological polar surface area (TPSA) is 3.24 Å². The highest BCUT2D eigenvalue weighted by Gasteiger charge is 2.08. The molecule has 31 heavy (non-hydrogen) atoms. The van der Waals surface area contributed by atoms with Crippen LogP contribution in [0, 0.1) is 0 Å². The summed E-state index contributed by atoms with van der Waals surface area (Å²) in [6.07, 6.45) is 9.00. The van der Waals surface area contributed by atoms with Gasteiger partial charge in [-0.25, -0.2) is 0 Å². The summed E-state index contributed by atoms with van der Waals surface area (Å²) in [6.45, 7) is 10.3. The second kappa shape index (κ2) is 11.4. The molecule has 0 saturated heterocycles. The van der Waals surface area contributed by atoms with Gasteiger partial charge in [0.2, 0.25) is 0 Å². The Kier molecular flexibility index (Phi) is 8.29. The van der Waals surface area contributed by atoms with Crippen molar-refractivity contribution in [3.8, 4) is 11.1 Å². The third-order valence-corrected chi connectivity index (χ3v) is 5.98. The zero-order valence-corrected chi connectivity index (χ0v) is 19.1. The van der Waals surface area contributed by atoms with Crippen molar-refractivity contribution in [2.24, 2.45) is 0 Å². The van der Waals surface area contributed by atoms with Crippen molar-refractivity contribution in [2.75, 3.05) is 11.9 Å². The molecule has 1 nitrogen and oxygen atoms in total. The molecule has 0 unspecified atom stereocenters. The molecule has 4 rings (SSSR count). The molecule has 1 heteroatoms. The molecule has 3 aromatic rings. The van der Waals surface area contributed by atoms with E-state index in [1.807, 2.05) is 20.0 Å². The van der Waals surface area contributed by atoms with Gasteiger partial charge < -0.3 is 4.90 Å². The van der Waals surface area contributed by atoms with Gasteiger partial charge in [0.25, 0.3) is 0 Å². The average Bonchev–Trinajstić information content (AvgIpc) is 2.85. The molecule has 0 radical (unpaired) electrons. The minimum absolute atomic E-state index is 0.975. The number of nitrogens with zero attached hydrogens (tertiary/aromatic N) is 1. The molecule has 1 fully saturated rings. The van der Waals surface area contributed by atoms with E-state index in [1.54, 1.807) is 0 Å². The van der Waals surface area contributed by atoms with E-state index in [0.717, 1.165) is 28.1 Å². The molecule has 0 heterocycles. The first kappa shape index (κ1) is 22.6. The summed E-state index contributed by atoms with van der Waals surface area (Å²) in [5.74, 6) is 0. The van der Waals surface area contributed by atoms with Gasteiger partial charge in [0.05, 0.1) is 0 Å². The Morgan fingerprint density at radius 3 is 1.55 bits per heavy atom. The van der Waals surface area contributed by atoms with Gasteiger partial charge in [0, 0.05) is 18.4 Å². The monoisotopic (exact) mass is 409 g/mol. The Hall–Kier alpha value is -3.06. The average molecular weight is 410 g/mol. The van der Waals surface area contributed by atoms with Crippen LogP contribution in [0.1, 0.15) is 56.6 Å². The quantitative estimate of drug-likeness (QED) is 0.407. The summed E-state index contributed by atoms with van der Waals surface area (Å²) < 4.78 is 0. The van der Waals surface area contributed by atoms with Crippen LogP contribution in [-0.4, -0.2) is 7.05 Å². The third kappa shape index (κ3) is 6.46. The Labute approximate surface area is 188 Å². The molecule has 1 aliphatic rings. The predicted molar refractivity (Wildman–Crippen MR) is 138 cm³/mol. The lowest BCUT2D eigenvalue weighted by Gasteiger charge is -2.22. The lowest BCUT2D eigenvalue weighted by atomic mass is 10.0. The highest BCUT2D eigenvalue weighted by molar-refractivity contribution is 5.79. The summed E-state index contributed by atoms with van der Waals surface area (Å²) in [5.41, 5.74) is 7.88. The first-order valence-corrected chi connectivity index (χ1v) is 11.4. The molecule has 0 amide bonds. The number of benzene rings is 3. The molecule has 3 aromatic carbocycles. The van der Waals surface area contributed by atoms with Gasteiger partial charge in [0.15, 0.2) is 0 Å². The Balaban J connectivity index is 0.000000391. The number of anilines is 1. The second-order valence-electron chi connectivity index (χ2n) is 8.40. The molecule has 0 atom stereocenters. The van der Waals surface area contributed by atoms with E-state index in [4.69, 9.17) is 0 Å². The fraction of sp³-hybridized carbons (Fsp3) is 0.267. The predicted octanol–water partition coefficient (Wildman–Crippen LogP) is 8.83. The molecule has 1 aliphatic carbocycles. The van der Waals surface area contributed by atoms with E-state index in [2.05, 4.69) is 90.9 Å². The molecular weight excluding hydrogens is 374 g/mol. The largest absolute Gasteiger partial charge is 0.345 e. The molecule has 160 valence electrons. The van der Waals surface area contributed by atoms with Gasteiger partial charge in [-0.05, 0) is 41.3 Å². The van der Waals surface area contributed by atoms with Crippen LogP contribution >= 0.6 is 0 Å². The molecular formula is C30H35N. The van der Waals surface area contributed by atoms with E-state index in [-0.39, 0.29) is 0 Å². The van der Waals surface area contributed by atoms with Crippen molar-refractivity contribution in [3.63, 3.8) is 0 Å². The maximum Gasteiger partial charge on any atom is 0.0408 e. The van der Waals surface area contributed by atoms with Gasteiger partial charge in [-0.3, -0.25) is 0 Å². The van der Waals surface area contributed by atoms with Crippen LogP contribution in [0.15, 0.2) is 92.0 Å². The molecule has 0 aromatic heterocycles. The van der Waals surface area contributed by atoms with Crippen LogP contribution < -0.4 is 4.90 Å². The second-order valence-corrected chi connectivity index (χ2v) is 8.40. The smallest absolute Gasteiger partial charge is 0.0408 e. The first-order valence-electron chi connectivity index (χ1n) is 11.4. The van der Waals surface area contributed by atoms with Crippen molar-refractivity contribution in [3.05, 3.63) is 103 Å². The number of hydrogen-bond donors (Lipinski definition) is 0. The zero-order valence-electron chi connectivity index (χ0n) is 19.1. The van der Waals surface area contributed by atoms with Crippen LogP contribution in [-0.2, 0) is 0 Å². The van der Waals surface area contributed by atoms with Gasteiger partial charge in [-0.15, -0.1) is 0 Å². The molecule has 1 saturated carbocycles. The Bertz CT molecular complexity index is 950. The SMILES string of the molecule is C1CCCCC1.C=C(C)c1ccc(N(C)C(=C)c2ccc(-c3ccccc3)cc2)cc1. The molecule has 0 bridgehead atoms. The van der Waals surface area contributed by atoms with Crippen LogP contribution in [0.25, 0.3) is 22.4 Å². The number of rotatable bonds is 5. The summed E-state index contributed by atoms with van der Waals surface area (Å²) in [7, 11) is 2.04. The van der Waals surface area contributed by atoms with Crippen LogP contribution in [0.4, 0.5) is 5.69 Å². The van der Waals surface area contributed by atoms with E-state index in [0.29, 0.717) is 0 Å². The first-order chi connectivity index (χ1) is 15.1. The number of allylic oxidation sites excluding steroid dienone is 1. The van der Waals surface area contributed by atoms with Gasteiger partial charge in [0.1, 0.15) is 0 Å². The van der Waals surface area contributed by atoms with Crippen LogP contribution in [0.2, 0.25) is 0 Å². The van der Waals surface area contributed by atoms with Gasteiger partial charge in [-0.1, -0.05) is 124 Å². The van der Waals surface area contributed by atoms with Crippen molar-refractivity contribution in [1.29, 1.82) is 0 Å². The lowest BCUT2D eigenvalue weighted by molar-refractivity contribution is 0.504. The molecule has 0 aliphatic heterocycles. The molecule has 0 spiro atoms. The highest BCUT2D eigenvalue weighted by Crippen LogP contribution is 2.27. The van der Waals surface area contributed by atoms with Crippen molar-refractivity contribution in [2.45, 2.75) is 45.4 Å². The van der Waals surface area contributed by atoms with Crippen molar-refractivity contribution in [1.82, 2.24) is 0 Å². The molecule has 0 N–H and O–H groups in total. The minimum atomic E-state index is 0.975. The zero-order chi connectivity index (χ0) is 22.1. The fourth-order valence-corrected chi connectivity index (χ4v) is 3.87. The highest BCUT2D eigenvalue weighted by atomic mass is 15.1. The fourth-order valence-electron chi connectivity index (χ4n) is 3.87. The van der Waals surface area contributed by atoms with E-state index < -0.39 is 0 Å². The van der Waals surface area contributed by atoms with E-state index in [1.165, 1.54) is 49.7 Å². The van der Waals surface area contributed by atoms with Crippen LogP contribution in [0.5, 0.6) is 0 Å². The maximum atomic E-state index is 4.27. The van der Waals surface area contributed by atoms with Crippen molar-refractivity contribution >= 4 is 17.0 Å². The normalized spacial score (nSPS) is 13.0. The van der Waals surface area contributed by atoms with Crippen LogP contribution in [0.3, 0.4) is 0 Å². The summed E-state index contributed by atoms with van der Waals surface area (Å²) >= 11 is 0. The van der Waals surface area contributed by atoms with E-state index >= 15 is 0 Å². The minimum Gasteiger partial charge on any atom is -0.345 e.